The Hall–Kier alpha value is -2.84. The van der Waals surface area contributed by atoms with Gasteiger partial charge < -0.3 is 14.9 Å². The summed E-state index contributed by atoms with van der Waals surface area (Å²) < 4.78 is 4.63. The number of carbonyl (C=O) groups is 2. The normalized spacial score (nSPS) is 10.1. The van der Waals surface area contributed by atoms with Crippen molar-refractivity contribution in [2.75, 3.05) is 5.32 Å². The first kappa shape index (κ1) is 11.6. The van der Waals surface area contributed by atoms with E-state index in [9.17, 15) is 9.59 Å². The quantitative estimate of drug-likeness (QED) is 0.783. The molecule has 0 atom stereocenters. The van der Waals surface area contributed by atoms with Crippen LogP contribution in [0.25, 0.3) is 0 Å². The van der Waals surface area contributed by atoms with Gasteiger partial charge in [-0.1, -0.05) is 5.16 Å². The molecule has 2 aromatic rings. The molecule has 0 aromatic carbocycles. The van der Waals surface area contributed by atoms with E-state index in [2.05, 4.69) is 29.9 Å². The lowest BCUT2D eigenvalue weighted by atomic mass is 10.4. The second-order valence-corrected chi connectivity index (χ2v) is 3.15. The van der Waals surface area contributed by atoms with E-state index in [4.69, 9.17) is 5.11 Å². The SMILES string of the molecule is Cc1nc(C(=O)Nc2nccnc2C(=O)O)no1. The molecule has 0 bridgehead atoms. The van der Waals surface area contributed by atoms with Gasteiger partial charge in [0.15, 0.2) is 11.5 Å². The number of rotatable bonds is 3. The Balaban J connectivity index is 2.24. The summed E-state index contributed by atoms with van der Waals surface area (Å²) in [5.74, 6) is -2.21. The number of amides is 1. The summed E-state index contributed by atoms with van der Waals surface area (Å²) in [7, 11) is 0. The highest BCUT2D eigenvalue weighted by molar-refractivity contribution is 6.04. The molecule has 0 aliphatic rings. The van der Waals surface area contributed by atoms with E-state index in [0.29, 0.717) is 0 Å². The number of nitrogens with zero attached hydrogens (tertiary/aromatic N) is 4. The van der Waals surface area contributed by atoms with E-state index in [1.807, 2.05) is 0 Å². The van der Waals surface area contributed by atoms with Crippen LogP contribution in [0.15, 0.2) is 16.9 Å². The number of carboxylic acids is 1. The zero-order chi connectivity index (χ0) is 13.1. The molecule has 0 fully saturated rings. The molecule has 2 N–H and O–H groups in total. The second kappa shape index (κ2) is 4.57. The molecule has 1 amide bonds. The van der Waals surface area contributed by atoms with Crippen LogP contribution in [0.2, 0.25) is 0 Å². The maximum atomic E-state index is 11.6. The summed E-state index contributed by atoms with van der Waals surface area (Å²) in [4.78, 5) is 33.5. The molecule has 2 rings (SSSR count). The molecule has 0 saturated carbocycles. The number of carboxylic acid groups (broad SMARTS) is 1. The van der Waals surface area contributed by atoms with Gasteiger partial charge in [-0.05, 0) is 0 Å². The summed E-state index contributed by atoms with van der Waals surface area (Å²) in [5.41, 5.74) is -0.369. The van der Waals surface area contributed by atoms with Gasteiger partial charge in [-0.25, -0.2) is 14.8 Å². The Kier molecular flexibility index (Phi) is 2.96. The fourth-order valence-electron chi connectivity index (χ4n) is 1.14. The Bertz CT molecular complexity index is 609. The van der Waals surface area contributed by atoms with E-state index in [-0.39, 0.29) is 23.2 Å². The van der Waals surface area contributed by atoms with Crippen molar-refractivity contribution < 1.29 is 19.2 Å². The molecule has 0 aliphatic heterocycles. The van der Waals surface area contributed by atoms with E-state index >= 15 is 0 Å². The molecule has 0 saturated heterocycles. The van der Waals surface area contributed by atoms with Crippen molar-refractivity contribution in [2.24, 2.45) is 0 Å². The third kappa shape index (κ3) is 2.29. The first-order valence-electron chi connectivity index (χ1n) is 4.74. The molecule has 2 aromatic heterocycles. The summed E-state index contributed by atoms with van der Waals surface area (Å²) in [6.07, 6.45) is 2.46. The van der Waals surface area contributed by atoms with Crippen molar-refractivity contribution in [1.29, 1.82) is 0 Å². The van der Waals surface area contributed by atoms with Gasteiger partial charge in [-0.3, -0.25) is 4.79 Å². The van der Waals surface area contributed by atoms with Crippen molar-refractivity contribution in [3.05, 3.63) is 29.8 Å². The number of aromatic carboxylic acids is 1. The maximum Gasteiger partial charge on any atom is 0.358 e. The number of anilines is 1. The van der Waals surface area contributed by atoms with Crippen LogP contribution in [0.1, 0.15) is 27.0 Å². The number of aromatic nitrogens is 4. The van der Waals surface area contributed by atoms with Crippen LogP contribution in [0.4, 0.5) is 5.82 Å². The van der Waals surface area contributed by atoms with Crippen molar-refractivity contribution in [3.63, 3.8) is 0 Å². The van der Waals surface area contributed by atoms with E-state index < -0.39 is 11.9 Å². The largest absolute Gasteiger partial charge is 0.476 e. The number of nitrogens with one attached hydrogen (secondary N) is 1. The lowest BCUT2D eigenvalue weighted by molar-refractivity contribution is 0.0691. The predicted octanol–water partition coefficient (Wildman–Crippen LogP) is 0.119. The Morgan fingerprint density at radius 3 is 2.67 bits per heavy atom. The lowest BCUT2D eigenvalue weighted by Crippen LogP contribution is -2.18. The zero-order valence-electron chi connectivity index (χ0n) is 9.12. The highest BCUT2D eigenvalue weighted by Gasteiger charge is 2.18. The molecule has 0 aliphatic carbocycles. The topological polar surface area (TPSA) is 131 Å². The van der Waals surface area contributed by atoms with Gasteiger partial charge >= 0.3 is 5.97 Å². The van der Waals surface area contributed by atoms with Crippen molar-refractivity contribution in [2.45, 2.75) is 6.92 Å². The summed E-state index contributed by atoms with van der Waals surface area (Å²) in [6, 6.07) is 0. The molecule has 18 heavy (non-hydrogen) atoms. The number of hydrogen-bond donors (Lipinski definition) is 2. The fourth-order valence-corrected chi connectivity index (χ4v) is 1.14. The van der Waals surface area contributed by atoms with Gasteiger partial charge in [-0.15, -0.1) is 0 Å². The maximum absolute atomic E-state index is 11.6. The van der Waals surface area contributed by atoms with Crippen LogP contribution in [-0.4, -0.2) is 37.1 Å². The van der Waals surface area contributed by atoms with Crippen LogP contribution in [0.5, 0.6) is 0 Å². The van der Waals surface area contributed by atoms with Gasteiger partial charge in [0, 0.05) is 19.3 Å². The minimum absolute atomic E-state index is 0.183. The molecule has 9 heteroatoms. The van der Waals surface area contributed by atoms with E-state index in [0.717, 1.165) is 0 Å². The molecular formula is C9H7N5O4. The van der Waals surface area contributed by atoms with Crippen molar-refractivity contribution in [3.8, 4) is 0 Å². The molecule has 9 nitrogen and oxygen atoms in total. The molecule has 0 unspecified atom stereocenters. The van der Waals surface area contributed by atoms with Crippen LogP contribution >= 0.6 is 0 Å². The van der Waals surface area contributed by atoms with Gasteiger partial charge in [0.25, 0.3) is 11.7 Å². The average Bonchev–Trinajstić information content (AvgIpc) is 2.76. The van der Waals surface area contributed by atoms with Crippen molar-refractivity contribution in [1.82, 2.24) is 20.1 Å². The molecule has 92 valence electrons. The lowest BCUT2D eigenvalue weighted by Gasteiger charge is -2.03. The standard InChI is InChI=1S/C9H7N5O4/c1-4-12-7(14-18-4)8(15)13-6-5(9(16)17)10-2-3-11-6/h2-3H,1H3,(H,16,17)(H,11,13,15). The van der Waals surface area contributed by atoms with Gasteiger partial charge in [0.2, 0.25) is 5.89 Å². The number of aryl methyl sites for hydroxylation is 1. The smallest absolute Gasteiger partial charge is 0.358 e. The third-order valence-corrected chi connectivity index (χ3v) is 1.86. The molecule has 0 spiro atoms. The van der Waals surface area contributed by atoms with Crippen LogP contribution in [0.3, 0.4) is 0 Å². The highest BCUT2D eigenvalue weighted by atomic mass is 16.5. The van der Waals surface area contributed by atoms with Gasteiger partial charge in [0.05, 0.1) is 0 Å². The van der Waals surface area contributed by atoms with Gasteiger partial charge in [-0.2, -0.15) is 4.98 Å². The first-order chi connectivity index (χ1) is 8.58. The van der Waals surface area contributed by atoms with E-state index in [1.165, 1.54) is 19.3 Å². The molecular weight excluding hydrogens is 242 g/mol. The van der Waals surface area contributed by atoms with E-state index in [1.54, 1.807) is 0 Å². The highest BCUT2D eigenvalue weighted by Crippen LogP contribution is 2.09. The number of hydrogen-bond acceptors (Lipinski definition) is 7. The molecule has 0 radical (unpaired) electrons. The fraction of sp³-hybridized carbons (Fsp3) is 0.111. The van der Waals surface area contributed by atoms with Crippen LogP contribution in [-0.2, 0) is 0 Å². The third-order valence-electron chi connectivity index (χ3n) is 1.86. The minimum Gasteiger partial charge on any atom is -0.476 e. The summed E-state index contributed by atoms with van der Waals surface area (Å²) in [5, 5.41) is 14.5. The monoisotopic (exact) mass is 249 g/mol. The predicted molar refractivity (Wildman–Crippen MR) is 56.0 cm³/mol. The van der Waals surface area contributed by atoms with Crippen molar-refractivity contribution >= 4 is 17.7 Å². The number of carbonyl (C=O) groups excluding carboxylic acids is 1. The summed E-state index contributed by atoms with van der Waals surface area (Å²) in [6.45, 7) is 1.52. The Morgan fingerprint density at radius 1 is 1.33 bits per heavy atom. The van der Waals surface area contributed by atoms with Crippen LogP contribution < -0.4 is 5.32 Å². The second-order valence-electron chi connectivity index (χ2n) is 3.15. The minimum atomic E-state index is -1.30. The Labute approximate surface area is 99.9 Å². The summed E-state index contributed by atoms with van der Waals surface area (Å²) >= 11 is 0. The van der Waals surface area contributed by atoms with Gasteiger partial charge in [0.1, 0.15) is 0 Å². The molecule has 2 heterocycles. The zero-order valence-corrected chi connectivity index (χ0v) is 9.12. The first-order valence-corrected chi connectivity index (χ1v) is 4.74. The Morgan fingerprint density at radius 2 is 2.06 bits per heavy atom. The van der Waals surface area contributed by atoms with Crippen LogP contribution in [0, 0.1) is 6.92 Å². The average molecular weight is 249 g/mol.